The first-order chi connectivity index (χ1) is 6.31. The number of rotatable bonds is 6. The quantitative estimate of drug-likeness (QED) is 0.285. The average Bonchev–Trinajstić information content (AvgIpc) is 2.13. The molecule has 0 spiro atoms. The van der Waals surface area contributed by atoms with Crippen LogP contribution in [0.15, 0.2) is 24.3 Å². The first-order valence-corrected chi connectivity index (χ1v) is 5.50. The lowest BCUT2D eigenvalue weighted by Gasteiger charge is -1.99. The molecule has 0 aliphatic heterocycles. The number of allylic oxidation sites excluding steroid dienone is 3. The molecule has 0 aromatic heterocycles. The van der Waals surface area contributed by atoms with Gasteiger partial charge in [-0.15, -0.1) is 0 Å². The molecule has 0 saturated carbocycles. The van der Waals surface area contributed by atoms with Gasteiger partial charge in [0.2, 0.25) is 0 Å². The van der Waals surface area contributed by atoms with Gasteiger partial charge in [0, 0.05) is 11.8 Å². The second-order valence-corrected chi connectivity index (χ2v) is 3.64. The molecule has 0 fully saturated rings. The number of hydrogen-bond acceptors (Lipinski definition) is 3. The summed E-state index contributed by atoms with van der Waals surface area (Å²) in [5.74, 6) is 1.67. The molecule has 0 N–H and O–H groups in total. The molecule has 3 heteroatoms. The maximum absolute atomic E-state index is 10.9. The fourth-order valence-electron chi connectivity index (χ4n) is 0.639. The topological polar surface area (TPSA) is 26.3 Å². The summed E-state index contributed by atoms with van der Waals surface area (Å²) in [6.07, 6.45) is 6.75. The van der Waals surface area contributed by atoms with Gasteiger partial charge in [-0.25, -0.2) is 4.79 Å². The van der Waals surface area contributed by atoms with Crippen molar-refractivity contribution in [3.63, 3.8) is 0 Å². The van der Waals surface area contributed by atoms with Crippen molar-refractivity contribution in [1.29, 1.82) is 0 Å². The smallest absolute Gasteiger partial charge is 0.330 e. The van der Waals surface area contributed by atoms with Gasteiger partial charge in [-0.05, 0) is 12.7 Å². The zero-order valence-electron chi connectivity index (χ0n) is 8.16. The minimum atomic E-state index is -0.269. The molecule has 74 valence electrons. The zero-order valence-corrected chi connectivity index (χ0v) is 8.97. The molecule has 0 aliphatic carbocycles. The summed E-state index contributed by atoms with van der Waals surface area (Å²) in [6.45, 7) is 4.48. The van der Waals surface area contributed by atoms with E-state index in [1.54, 1.807) is 23.9 Å². The van der Waals surface area contributed by atoms with Crippen LogP contribution in [0.25, 0.3) is 0 Å². The van der Waals surface area contributed by atoms with E-state index in [4.69, 9.17) is 4.74 Å². The van der Waals surface area contributed by atoms with E-state index in [9.17, 15) is 4.79 Å². The Balaban J connectivity index is 3.40. The Bertz CT molecular complexity index is 185. The van der Waals surface area contributed by atoms with Crippen molar-refractivity contribution < 1.29 is 9.53 Å². The van der Waals surface area contributed by atoms with E-state index in [2.05, 4.69) is 6.92 Å². The van der Waals surface area contributed by atoms with Crippen LogP contribution in [-0.2, 0) is 9.53 Å². The van der Waals surface area contributed by atoms with Crippen LogP contribution in [0, 0.1) is 0 Å². The number of carbonyl (C=O) groups excluding carboxylic acids is 1. The Morgan fingerprint density at radius 2 is 2.23 bits per heavy atom. The zero-order chi connectivity index (χ0) is 9.94. The predicted molar refractivity (Wildman–Crippen MR) is 57.9 cm³/mol. The maximum atomic E-state index is 10.9. The largest absolute Gasteiger partial charge is 0.462 e. The minimum absolute atomic E-state index is 0.269. The highest BCUT2D eigenvalue weighted by molar-refractivity contribution is 7.99. The van der Waals surface area contributed by atoms with E-state index in [0.717, 1.165) is 11.5 Å². The van der Waals surface area contributed by atoms with Crippen LogP contribution in [0.2, 0.25) is 0 Å². The molecule has 0 aromatic carbocycles. The van der Waals surface area contributed by atoms with Gasteiger partial charge < -0.3 is 4.74 Å². The van der Waals surface area contributed by atoms with Crippen molar-refractivity contribution in [3.05, 3.63) is 24.3 Å². The van der Waals surface area contributed by atoms with E-state index in [1.165, 1.54) is 6.08 Å². The summed E-state index contributed by atoms with van der Waals surface area (Å²) < 4.78 is 4.91. The highest BCUT2D eigenvalue weighted by Crippen LogP contribution is 1.97. The standard InChI is InChI=1S/C10H16O2S/c1-3-5-6-7-10(11)12-8-9-13-4-2/h3,5-7H,4,8-9H2,1-2H3/b5-3+,7-6+. The van der Waals surface area contributed by atoms with Crippen molar-refractivity contribution in [2.24, 2.45) is 0 Å². The molecule has 13 heavy (non-hydrogen) atoms. The van der Waals surface area contributed by atoms with Crippen molar-refractivity contribution >= 4 is 17.7 Å². The van der Waals surface area contributed by atoms with E-state index in [1.807, 2.05) is 13.0 Å². The second-order valence-electron chi connectivity index (χ2n) is 2.25. The predicted octanol–water partition coefficient (Wildman–Crippen LogP) is 2.42. The lowest BCUT2D eigenvalue weighted by atomic mass is 10.4. The van der Waals surface area contributed by atoms with Gasteiger partial charge in [0.1, 0.15) is 6.61 Å². The fraction of sp³-hybridized carbons (Fsp3) is 0.500. The van der Waals surface area contributed by atoms with E-state index in [-0.39, 0.29) is 5.97 Å². The van der Waals surface area contributed by atoms with Crippen LogP contribution in [0.1, 0.15) is 13.8 Å². The monoisotopic (exact) mass is 200 g/mol. The summed E-state index contributed by atoms with van der Waals surface area (Å²) in [6, 6.07) is 0. The SMILES string of the molecule is C/C=C/C=C/C(=O)OCCSCC. The fourth-order valence-corrected chi connectivity index (χ4v) is 1.13. The van der Waals surface area contributed by atoms with Gasteiger partial charge in [0.15, 0.2) is 0 Å². The first-order valence-electron chi connectivity index (χ1n) is 4.35. The second kappa shape index (κ2) is 9.39. The van der Waals surface area contributed by atoms with E-state index in [0.29, 0.717) is 6.61 Å². The molecular weight excluding hydrogens is 184 g/mol. The maximum Gasteiger partial charge on any atom is 0.330 e. The van der Waals surface area contributed by atoms with Crippen molar-refractivity contribution in [2.45, 2.75) is 13.8 Å². The lowest BCUT2D eigenvalue weighted by molar-refractivity contribution is -0.137. The van der Waals surface area contributed by atoms with Crippen LogP contribution < -0.4 is 0 Å². The third-order valence-electron chi connectivity index (χ3n) is 1.21. The molecule has 0 bridgehead atoms. The summed E-state index contributed by atoms with van der Waals surface area (Å²) in [4.78, 5) is 10.9. The lowest BCUT2D eigenvalue weighted by Crippen LogP contribution is -2.04. The number of carbonyl (C=O) groups is 1. The molecule has 0 rings (SSSR count). The van der Waals surface area contributed by atoms with Crippen LogP contribution in [0.3, 0.4) is 0 Å². The molecule has 0 heterocycles. The normalized spacial score (nSPS) is 11.2. The number of hydrogen-bond donors (Lipinski definition) is 0. The summed E-state index contributed by atoms with van der Waals surface area (Å²) >= 11 is 1.76. The minimum Gasteiger partial charge on any atom is -0.462 e. The van der Waals surface area contributed by atoms with Crippen LogP contribution in [-0.4, -0.2) is 24.1 Å². The highest BCUT2D eigenvalue weighted by atomic mass is 32.2. The molecule has 0 aliphatic rings. The molecule has 0 atom stereocenters. The molecule has 0 amide bonds. The Labute approximate surface area is 84.0 Å². The Kier molecular flexibility index (Phi) is 8.88. The van der Waals surface area contributed by atoms with Crippen molar-refractivity contribution in [2.75, 3.05) is 18.1 Å². The Morgan fingerprint density at radius 1 is 1.46 bits per heavy atom. The Morgan fingerprint density at radius 3 is 2.85 bits per heavy atom. The van der Waals surface area contributed by atoms with Crippen LogP contribution in [0.4, 0.5) is 0 Å². The van der Waals surface area contributed by atoms with Gasteiger partial charge in [0.25, 0.3) is 0 Å². The molecule has 0 unspecified atom stereocenters. The van der Waals surface area contributed by atoms with Crippen molar-refractivity contribution in [3.8, 4) is 0 Å². The summed E-state index contributed by atoms with van der Waals surface area (Å²) in [7, 11) is 0. The van der Waals surface area contributed by atoms with Gasteiger partial charge in [-0.3, -0.25) is 0 Å². The van der Waals surface area contributed by atoms with Crippen molar-refractivity contribution in [1.82, 2.24) is 0 Å². The van der Waals surface area contributed by atoms with Gasteiger partial charge in [-0.1, -0.05) is 25.2 Å². The molecule has 0 radical (unpaired) electrons. The summed E-state index contributed by atoms with van der Waals surface area (Å²) in [5, 5.41) is 0. The first kappa shape index (κ1) is 12.3. The third kappa shape index (κ3) is 9.21. The molecule has 0 aromatic rings. The van der Waals surface area contributed by atoms with Gasteiger partial charge >= 0.3 is 5.97 Å². The number of esters is 1. The van der Waals surface area contributed by atoms with Crippen LogP contribution in [0.5, 0.6) is 0 Å². The molecule has 0 saturated heterocycles. The molecule has 2 nitrogen and oxygen atoms in total. The van der Waals surface area contributed by atoms with Gasteiger partial charge in [0.05, 0.1) is 0 Å². The number of thioether (sulfide) groups is 1. The van der Waals surface area contributed by atoms with Gasteiger partial charge in [-0.2, -0.15) is 11.8 Å². The van der Waals surface area contributed by atoms with E-state index >= 15 is 0 Å². The Hall–Kier alpha value is -0.700. The summed E-state index contributed by atoms with van der Waals surface area (Å²) in [5.41, 5.74) is 0. The number of ether oxygens (including phenoxy) is 1. The molecular formula is C10H16O2S. The van der Waals surface area contributed by atoms with E-state index < -0.39 is 0 Å². The van der Waals surface area contributed by atoms with Crippen LogP contribution >= 0.6 is 11.8 Å². The average molecular weight is 200 g/mol. The third-order valence-corrected chi connectivity index (χ3v) is 2.08. The highest BCUT2D eigenvalue weighted by Gasteiger charge is 1.94.